The number of carbonyl (C=O) groups excluding carboxylic acids is 2. The Bertz CT molecular complexity index is 1390. The van der Waals surface area contributed by atoms with Crippen LogP contribution in [0.25, 0.3) is 0 Å². The van der Waals surface area contributed by atoms with Crippen LogP contribution in [-0.2, 0) is 47.5 Å². The maximum atomic E-state index is 12.3. The minimum atomic E-state index is -2.10. The third kappa shape index (κ3) is 12.2. The van der Waals surface area contributed by atoms with E-state index < -0.39 is 199 Å². The highest BCUT2D eigenvalue weighted by Crippen LogP contribution is 2.32. The smallest absolute Gasteiger partial charge is 0.217 e. The van der Waals surface area contributed by atoms with Gasteiger partial charge in [-0.25, -0.2) is 0 Å². The van der Waals surface area contributed by atoms with Gasteiger partial charge in [-0.15, -0.1) is 0 Å². The summed E-state index contributed by atoms with van der Waals surface area (Å²) < 4.78 is 44.6. The lowest BCUT2D eigenvalue weighted by Crippen LogP contribution is -2.68. The summed E-state index contributed by atoms with van der Waals surface area (Å²) in [6.07, 6.45) is -40.4. The van der Waals surface area contributed by atoms with Crippen LogP contribution in [0.4, 0.5) is 0 Å². The van der Waals surface area contributed by atoms with E-state index in [9.17, 15) is 91.3 Å². The van der Waals surface area contributed by atoms with Gasteiger partial charge in [-0.1, -0.05) is 0 Å². The first-order chi connectivity index (χ1) is 29.2. The normalized spacial score (nSPS) is 43.6. The molecule has 24 atom stereocenters. The van der Waals surface area contributed by atoms with Gasteiger partial charge in [0, 0.05) is 13.8 Å². The van der Waals surface area contributed by atoms with Gasteiger partial charge < -0.3 is 130 Å². The molecule has 4 aliphatic heterocycles. The first-order valence-corrected chi connectivity index (χ1v) is 19.5. The largest absolute Gasteiger partial charge is 0.394 e. The Morgan fingerprint density at radius 2 is 1.00 bits per heavy atom. The highest BCUT2D eigenvalue weighted by molar-refractivity contribution is 5.73. The average molecular weight is 913 g/mol. The predicted octanol–water partition coefficient (Wildman–Crippen LogP) is -12.0. The van der Waals surface area contributed by atoms with E-state index in [1.54, 1.807) is 0 Å². The number of aliphatic hydroxyl groups is 16. The number of ether oxygens (including phenoxy) is 8. The molecule has 4 saturated heterocycles. The number of hydrogen-bond donors (Lipinski definition) is 18. The monoisotopic (exact) mass is 912 g/mol. The molecule has 28 nitrogen and oxygen atoms in total. The third-order valence-electron chi connectivity index (χ3n) is 10.7. The van der Waals surface area contributed by atoms with Crippen molar-refractivity contribution in [3.05, 3.63) is 0 Å². The van der Waals surface area contributed by atoms with Crippen molar-refractivity contribution in [3.8, 4) is 0 Å². The molecule has 0 aromatic rings. The zero-order valence-electron chi connectivity index (χ0n) is 33.3. The van der Waals surface area contributed by atoms with E-state index in [0.717, 1.165) is 13.8 Å². The molecule has 4 aliphatic rings. The first-order valence-electron chi connectivity index (χ1n) is 19.5. The molecule has 4 heterocycles. The summed E-state index contributed by atoms with van der Waals surface area (Å²) in [5, 5.41) is 171. The Kier molecular flexibility index (Phi) is 19.9. The summed E-state index contributed by atoms with van der Waals surface area (Å²) in [4.78, 5) is 23.9. The molecule has 0 bridgehead atoms. The molecule has 0 unspecified atom stereocenters. The molecule has 0 spiro atoms. The number of hydrogen-bond acceptors (Lipinski definition) is 26. The Morgan fingerprint density at radius 1 is 0.548 bits per heavy atom. The summed E-state index contributed by atoms with van der Waals surface area (Å²) in [5.74, 6) is -1.51. The molecule has 28 heteroatoms. The fourth-order valence-electron chi connectivity index (χ4n) is 7.22. The number of aliphatic hydroxyl groups excluding tert-OH is 16. The van der Waals surface area contributed by atoms with Crippen molar-refractivity contribution in [3.63, 3.8) is 0 Å². The van der Waals surface area contributed by atoms with Crippen LogP contribution in [0.2, 0.25) is 0 Å². The van der Waals surface area contributed by atoms with Crippen molar-refractivity contribution in [2.45, 2.75) is 161 Å². The van der Waals surface area contributed by atoms with Gasteiger partial charge in [0.25, 0.3) is 0 Å². The lowest BCUT2D eigenvalue weighted by atomic mass is 9.95. The molecule has 2 amide bonds. The second-order valence-corrected chi connectivity index (χ2v) is 15.3. The van der Waals surface area contributed by atoms with Gasteiger partial charge in [0.2, 0.25) is 11.8 Å². The van der Waals surface area contributed by atoms with Crippen LogP contribution >= 0.6 is 0 Å². The van der Waals surface area contributed by atoms with E-state index >= 15 is 0 Å². The molecule has 4 rings (SSSR count). The van der Waals surface area contributed by atoms with Crippen molar-refractivity contribution in [1.29, 1.82) is 0 Å². The number of amides is 2. The van der Waals surface area contributed by atoms with Gasteiger partial charge in [-0.05, 0) is 0 Å². The predicted molar refractivity (Wildman–Crippen MR) is 192 cm³/mol. The molecule has 4 fully saturated rings. The summed E-state index contributed by atoms with van der Waals surface area (Å²) in [7, 11) is 0. The Labute approximate surface area is 352 Å². The minimum absolute atomic E-state index is 0.704. The van der Waals surface area contributed by atoms with E-state index in [2.05, 4.69) is 10.6 Å². The zero-order chi connectivity index (χ0) is 46.3. The van der Waals surface area contributed by atoms with Crippen LogP contribution in [0.5, 0.6) is 0 Å². The second kappa shape index (κ2) is 23.4. The van der Waals surface area contributed by atoms with Crippen molar-refractivity contribution in [2.24, 2.45) is 0 Å². The van der Waals surface area contributed by atoms with Crippen LogP contribution < -0.4 is 10.6 Å². The van der Waals surface area contributed by atoms with Gasteiger partial charge in [-0.3, -0.25) is 9.59 Å². The van der Waals surface area contributed by atoms with Crippen molar-refractivity contribution in [2.75, 3.05) is 39.6 Å². The summed E-state index contributed by atoms with van der Waals surface area (Å²) >= 11 is 0. The fourth-order valence-corrected chi connectivity index (χ4v) is 7.22. The molecule has 18 N–H and O–H groups in total. The summed E-state index contributed by atoms with van der Waals surface area (Å²) in [5.41, 5.74) is 0. The van der Waals surface area contributed by atoms with E-state index in [1.165, 1.54) is 0 Å². The van der Waals surface area contributed by atoms with Crippen LogP contribution in [-0.4, -0.2) is 280 Å². The molecule has 0 aromatic heterocycles. The molecular formula is C34H60N2O26. The van der Waals surface area contributed by atoms with Crippen LogP contribution in [0, 0.1) is 0 Å². The molecule has 362 valence electrons. The minimum Gasteiger partial charge on any atom is -0.394 e. The lowest BCUT2D eigenvalue weighted by Gasteiger charge is -2.48. The Hall–Kier alpha value is -2.02. The Morgan fingerprint density at radius 3 is 1.45 bits per heavy atom. The summed E-state index contributed by atoms with van der Waals surface area (Å²) in [6.45, 7) is -3.14. The zero-order valence-corrected chi connectivity index (χ0v) is 33.3. The molecule has 0 saturated carbocycles. The van der Waals surface area contributed by atoms with Gasteiger partial charge in [0.1, 0.15) is 116 Å². The summed E-state index contributed by atoms with van der Waals surface area (Å²) in [6, 6.07) is -3.17. The fraction of sp³-hybridized carbons (Fsp3) is 0.941. The average Bonchev–Trinajstić information content (AvgIpc) is 3.24. The standard InChI is InChI=1S/C34H60N2O26/c1-9(41)35-11(3-37)18(44)29(12(43)4-38)61-31-17(36-10(2)42)22(48)30(14(6-40)58-31)62-34-28(54)25(51)21(47)16(60-34)8-56-33-27(53)24(50)20(46)15(59-33)7-55-32-26(52)23(49)19(45)13(5-39)57-32/h11-34,37-40,43-54H,3-8H2,1-2H3,(H,35,41)(H,36,42)/t11-,12+,13+,14+,15+,16+,17+,18+,19+,20+,21+,22+,23-,24-,25-,26-,27-,28-,29+,30+,31-,32-,33-,34-/m0/s1. The molecule has 0 aliphatic carbocycles. The third-order valence-corrected chi connectivity index (χ3v) is 10.7. The maximum Gasteiger partial charge on any atom is 0.217 e. The lowest BCUT2D eigenvalue weighted by molar-refractivity contribution is -0.362. The Balaban J connectivity index is 1.46. The number of carbonyl (C=O) groups is 2. The second-order valence-electron chi connectivity index (χ2n) is 15.3. The van der Waals surface area contributed by atoms with Crippen molar-refractivity contribution < 1.29 is 129 Å². The number of rotatable bonds is 19. The quantitative estimate of drug-likeness (QED) is 0.0572. The van der Waals surface area contributed by atoms with Gasteiger partial charge in [-0.2, -0.15) is 0 Å². The van der Waals surface area contributed by atoms with Gasteiger partial charge >= 0.3 is 0 Å². The van der Waals surface area contributed by atoms with E-state index in [0.29, 0.717) is 0 Å². The highest BCUT2D eigenvalue weighted by Gasteiger charge is 2.54. The van der Waals surface area contributed by atoms with Crippen LogP contribution in [0.1, 0.15) is 13.8 Å². The SMILES string of the molecule is CC(=O)N[C@H]1[C@H](O[C@@H]([C@H](O)[C@H](CO)NC(C)=O)[C@H](O)CO)O[C@H](CO)[C@@H](O[C@@H]2O[C@H](CO[C@H]3O[C@H](CO[C@H]4O[C@H](CO)[C@@H](O)[C@H](O)[C@@H]4O)[C@@H](O)[C@H](O)[C@@H]3O)[C@@H](O)[C@H](O)[C@@H]2O)[C@@H]1O. The highest BCUT2D eigenvalue weighted by atomic mass is 16.8. The first kappa shape index (κ1) is 52.6. The van der Waals surface area contributed by atoms with E-state index in [4.69, 9.17) is 37.9 Å². The van der Waals surface area contributed by atoms with Gasteiger partial charge in [0.05, 0.1) is 45.7 Å². The molecule has 0 aromatic carbocycles. The van der Waals surface area contributed by atoms with Crippen LogP contribution in [0.15, 0.2) is 0 Å². The number of nitrogens with one attached hydrogen (secondary N) is 2. The topological polar surface area (TPSA) is 456 Å². The van der Waals surface area contributed by atoms with E-state index in [1.807, 2.05) is 0 Å². The van der Waals surface area contributed by atoms with Crippen molar-refractivity contribution in [1.82, 2.24) is 10.6 Å². The van der Waals surface area contributed by atoms with E-state index in [-0.39, 0.29) is 0 Å². The van der Waals surface area contributed by atoms with Crippen LogP contribution in [0.3, 0.4) is 0 Å². The molecule has 0 radical (unpaired) electrons. The van der Waals surface area contributed by atoms with Crippen molar-refractivity contribution >= 4 is 11.8 Å². The molecular weight excluding hydrogens is 852 g/mol. The maximum absolute atomic E-state index is 12.3. The van der Waals surface area contributed by atoms with Gasteiger partial charge in [0.15, 0.2) is 25.2 Å². The molecule has 62 heavy (non-hydrogen) atoms.